The van der Waals surface area contributed by atoms with Crippen LogP contribution in [0.25, 0.3) is 77.4 Å². The molecule has 0 amide bonds. The Kier molecular flexibility index (Phi) is 7.52. The van der Waals surface area contributed by atoms with E-state index in [1.807, 2.05) is 6.07 Å². The summed E-state index contributed by atoms with van der Waals surface area (Å²) < 4.78 is 9.30. The zero-order valence-corrected chi connectivity index (χ0v) is 30.4. The molecule has 4 heteroatoms. The SMILES string of the molecule is C1=C(c2ccccc2)N=C(c2ccc3c(c2)oc2c(-n4c5ccc(-c6ccccc6)cc5c5cc(-c6ccccc6)ccc54)cccc23)NC1c1ccccc1. The first kappa shape index (κ1) is 32.0. The molecule has 10 aromatic rings. The molecule has 0 spiro atoms. The molecule has 1 unspecified atom stereocenters. The summed E-state index contributed by atoms with van der Waals surface area (Å²) in [6.45, 7) is 0. The van der Waals surface area contributed by atoms with Crippen LogP contribution in [-0.4, -0.2) is 10.4 Å². The lowest BCUT2D eigenvalue weighted by atomic mass is 10.00. The lowest BCUT2D eigenvalue weighted by Gasteiger charge is -2.24. The summed E-state index contributed by atoms with van der Waals surface area (Å²) in [5.74, 6) is 0.814. The normalized spacial score (nSPS) is 14.2. The third-order valence-electron chi connectivity index (χ3n) is 11.0. The number of fused-ring (bicyclic) bond motifs is 6. The van der Waals surface area contributed by atoms with Crippen LogP contribution in [0.2, 0.25) is 0 Å². The molecule has 0 fully saturated rings. The summed E-state index contributed by atoms with van der Waals surface area (Å²) in [4.78, 5) is 5.16. The van der Waals surface area contributed by atoms with E-state index in [9.17, 15) is 0 Å². The molecule has 1 aliphatic rings. The Morgan fingerprint density at radius 1 is 0.446 bits per heavy atom. The van der Waals surface area contributed by atoms with Gasteiger partial charge in [0.05, 0.1) is 28.5 Å². The Morgan fingerprint density at radius 2 is 1.02 bits per heavy atom. The first-order valence-electron chi connectivity index (χ1n) is 19.1. The van der Waals surface area contributed by atoms with E-state index in [0.717, 1.165) is 61.3 Å². The zero-order chi connectivity index (χ0) is 37.0. The van der Waals surface area contributed by atoms with Crippen molar-refractivity contribution in [2.24, 2.45) is 4.99 Å². The van der Waals surface area contributed by atoms with E-state index in [1.54, 1.807) is 0 Å². The monoisotopic (exact) mass is 717 g/mol. The lowest BCUT2D eigenvalue weighted by molar-refractivity contribution is 0.666. The van der Waals surface area contributed by atoms with Crippen LogP contribution in [0.4, 0.5) is 0 Å². The molecule has 11 rings (SSSR count). The maximum Gasteiger partial charge on any atom is 0.159 e. The first-order chi connectivity index (χ1) is 27.7. The van der Waals surface area contributed by atoms with Crippen LogP contribution in [0.15, 0.2) is 210 Å². The molecule has 264 valence electrons. The van der Waals surface area contributed by atoms with E-state index in [4.69, 9.17) is 9.41 Å². The van der Waals surface area contributed by atoms with Crippen molar-refractivity contribution in [3.8, 4) is 27.9 Å². The Balaban J connectivity index is 1.07. The molecule has 1 N–H and O–H groups in total. The molecule has 0 saturated carbocycles. The minimum Gasteiger partial charge on any atom is -0.454 e. The van der Waals surface area contributed by atoms with Gasteiger partial charge in [0.1, 0.15) is 11.4 Å². The van der Waals surface area contributed by atoms with Gasteiger partial charge in [0.2, 0.25) is 0 Å². The number of aliphatic imine (C=N–C) groups is 1. The molecule has 3 heterocycles. The molecule has 4 nitrogen and oxygen atoms in total. The Labute approximate surface area is 324 Å². The molecule has 0 radical (unpaired) electrons. The number of nitrogens with zero attached hydrogens (tertiary/aromatic N) is 2. The standard InChI is InChI=1S/C52H35N3O/c1-5-14-34(15-6-1)38-25-28-47-43(30-38)44-31-39(35-16-7-2-8-17-35)26-29-48(44)55(47)49-23-13-22-42-41-27-24-40(32-50(41)56-51(42)49)52-53-45(36-18-9-3-10-19-36)33-46(54-52)37-20-11-4-12-21-37/h1-33,45H,(H,53,54). The molecular formula is C52H35N3O. The highest BCUT2D eigenvalue weighted by Crippen LogP contribution is 2.41. The van der Waals surface area contributed by atoms with E-state index >= 15 is 0 Å². The number of benzene rings is 8. The van der Waals surface area contributed by atoms with Crippen LogP contribution in [0, 0.1) is 0 Å². The second-order valence-electron chi connectivity index (χ2n) is 14.4. The predicted octanol–water partition coefficient (Wildman–Crippen LogP) is 13.1. The van der Waals surface area contributed by atoms with Gasteiger partial charge in [0.25, 0.3) is 0 Å². The van der Waals surface area contributed by atoms with Gasteiger partial charge in [-0.15, -0.1) is 0 Å². The van der Waals surface area contributed by atoms with Crippen molar-refractivity contribution in [2.75, 3.05) is 0 Å². The van der Waals surface area contributed by atoms with Gasteiger partial charge < -0.3 is 14.3 Å². The van der Waals surface area contributed by atoms with Gasteiger partial charge in [-0.1, -0.05) is 152 Å². The largest absolute Gasteiger partial charge is 0.454 e. The molecule has 0 aliphatic carbocycles. The first-order valence-corrected chi connectivity index (χ1v) is 19.1. The molecule has 56 heavy (non-hydrogen) atoms. The average Bonchev–Trinajstić information content (AvgIpc) is 3.82. The van der Waals surface area contributed by atoms with Gasteiger partial charge in [-0.25, -0.2) is 4.99 Å². The van der Waals surface area contributed by atoms with Crippen molar-refractivity contribution in [1.82, 2.24) is 9.88 Å². The molecule has 1 aliphatic heterocycles. The van der Waals surface area contributed by atoms with Gasteiger partial charge in [-0.3, -0.25) is 0 Å². The van der Waals surface area contributed by atoms with Gasteiger partial charge in [0, 0.05) is 27.1 Å². The zero-order valence-electron chi connectivity index (χ0n) is 30.4. The van der Waals surface area contributed by atoms with Crippen molar-refractivity contribution in [1.29, 1.82) is 0 Å². The van der Waals surface area contributed by atoms with Crippen LogP contribution >= 0.6 is 0 Å². The highest BCUT2D eigenvalue weighted by Gasteiger charge is 2.22. The van der Waals surface area contributed by atoms with E-state index in [0.29, 0.717) is 0 Å². The topological polar surface area (TPSA) is 42.5 Å². The number of amidine groups is 1. The lowest BCUT2D eigenvalue weighted by Crippen LogP contribution is -2.31. The Bertz CT molecular complexity index is 3040. The average molecular weight is 718 g/mol. The minimum atomic E-state index is -0.0306. The molecule has 1 atom stereocenters. The maximum absolute atomic E-state index is 6.93. The summed E-state index contributed by atoms with van der Waals surface area (Å²) in [6.07, 6.45) is 2.21. The van der Waals surface area contributed by atoms with Gasteiger partial charge >= 0.3 is 0 Å². The molecule has 2 aromatic heterocycles. The highest BCUT2D eigenvalue weighted by atomic mass is 16.3. The third-order valence-corrected chi connectivity index (χ3v) is 11.0. The summed E-state index contributed by atoms with van der Waals surface area (Å²) >= 11 is 0. The van der Waals surface area contributed by atoms with Crippen LogP contribution in [-0.2, 0) is 0 Å². The number of nitrogens with one attached hydrogen (secondary N) is 1. The molecule has 0 saturated heterocycles. The number of aromatic nitrogens is 1. The van der Waals surface area contributed by atoms with Crippen LogP contribution in [0.1, 0.15) is 22.7 Å². The smallest absolute Gasteiger partial charge is 0.159 e. The maximum atomic E-state index is 6.93. The van der Waals surface area contributed by atoms with Gasteiger partial charge in [0.15, 0.2) is 5.58 Å². The van der Waals surface area contributed by atoms with Crippen LogP contribution in [0.3, 0.4) is 0 Å². The second kappa shape index (κ2) is 13.2. The summed E-state index contributed by atoms with van der Waals surface area (Å²) in [7, 11) is 0. The number of para-hydroxylation sites is 1. The Morgan fingerprint density at radius 3 is 1.64 bits per heavy atom. The number of hydrogen-bond donors (Lipinski definition) is 1. The molecular weight excluding hydrogens is 683 g/mol. The number of rotatable bonds is 6. The second-order valence-corrected chi connectivity index (χ2v) is 14.4. The highest BCUT2D eigenvalue weighted by molar-refractivity contribution is 6.15. The van der Waals surface area contributed by atoms with E-state index < -0.39 is 0 Å². The van der Waals surface area contributed by atoms with Crippen molar-refractivity contribution >= 4 is 55.3 Å². The van der Waals surface area contributed by atoms with Crippen LogP contribution in [0.5, 0.6) is 0 Å². The van der Waals surface area contributed by atoms with Crippen molar-refractivity contribution in [3.63, 3.8) is 0 Å². The predicted molar refractivity (Wildman–Crippen MR) is 232 cm³/mol. The summed E-state index contributed by atoms with van der Waals surface area (Å²) in [5.41, 5.74) is 13.9. The minimum absolute atomic E-state index is 0.0306. The third kappa shape index (κ3) is 5.42. The van der Waals surface area contributed by atoms with Gasteiger partial charge in [-0.05, 0) is 81.9 Å². The summed E-state index contributed by atoms with van der Waals surface area (Å²) in [6, 6.07) is 68.7. The fourth-order valence-corrected chi connectivity index (χ4v) is 8.30. The Hall–Kier alpha value is -7.43. The van der Waals surface area contributed by atoms with Crippen molar-refractivity contribution in [2.45, 2.75) is 6.04 Å². The van der Waals surface area contributed by atoms with Crippen LogP contribution < -0.4 is 5.32 Å². The van der Waals surface area contributed by atoms with E-state index in [1.165, 1.54) is 38.6 Å². The number of furan rings is 1. The molecule has 8 aromatic carbocycles. The van der Waals surface area contributed by atoms with Gasteiger partial charge in [-0.2, -0.15) is 0 Å². The fourth-order valence-electron chi connectivity index (χ4n) is 8.30. The molecule has 0 bridgehead atoms. The quantitative estimate of drug-likeness (QED) is 0.186. The van der Waals surface area contributed by atoms with E-state index in [-0.39, 0.29) is 6.04 Å². The fraction of sp³-hybridized carbons (Fsp3) is 0.0192. The van der Waals surface area contributed by atoms with E-state index in [2.05, 4.69) is 204 Å². The summed E-state index contributed by atoms with van der Waals surface area (Å²) in [5, 5.41) is 8.26. The van der Waals surface area contributed by atoms with Crippen molar-refractivity contribution in [3.05, 3.63) is 217 Å². The number of hydrogen-bond acceptors (Lipinski definition) is 3. The van der Waals surface area contributed by atoms with Crippen molar-refractivity contribution < 1.29 is 4.42 Å².